The van der Waals surface area contributed by atoms with Crippen molar-refractivity contribution in [2.24, 2.45) is 0 Å². The van der Waals surface area contributed by atoms with Crippen LogP contribution in [-0.2, 0) is 0 Å². The molecule has 1 aromatic rings. The minimum absolute atomic E-state index is 0.232. The SMILES string of the molecule is CCSCCC(C)Nc1cc(C)ncc1C(=O)O. The molecule has 4 nitrogen and oxygen atoms in total. The van der Waals surface area contributed by atoms with E-state index in [9.17, 15) is 4.79 Å². The zero-order valence-electron chi connectivity index (χ0n) is 11.1. The van der Waals surface area contributed by atoms with E-state index in [1.54, 1.807) is 6.07 Å². The number of rotatable bonds is 7. The molecular formula is C13H20N2O2S. The first-order valence-corrected chi connectivity index (χ1v) is 7.24. The van der Waals surface area contributed by atoms with Crippen molar-refractivity contribution in [2.45, 2.75) is 33.2 Å². The van der Waals surface area contributed by atoms with Crippen LogP contribution >= 0.6 is 11.8 Å². The number of carboxylic acid groups (broad SMARTS) is 1. The average molecular weight is 268 g/mol. The minimum Gasteiger partial charge on any atom is -0.478 e. The number of aromatic nitrogens is 1. The van der Waals surface area contributed by atoms with E-state index in [0.29, 0.717) is 5.69 Å². The highest BCUT2D eigenvalue weighted by Crippen LogP contribution is 2.18. The summed E-state index contributed by atoms with van der Waals surface area (Å²) in [4.78, 5) is 15.1. The Bertz CT molecular complexity index is 410. The number of anilines is 1. The highest BCUT2D eigenvalue weighted by molar-refractivity contribution is 7.99. The summed E-state index contributed by atoms with van der Waals surface area (Å²) < 4.78 is 0. The number of aryl methyl sites for hydroxylation is 1. The average Bonchev–Trinajstić information content (AvgIpc) is 2.29. The molecule has 0 aliphatic heterocycles. The summed E-state index contributed by atoms with van der Waals surface area (Å²) in [7, 11) is 0. The molecule has 1 rings (SSSR count). The number of carbonyl (C=O) groups is 1. The van der Waals surface area contributed by atoms with Crippen molar-refractivity contribution in [1.82, 2.24) is 4.98 Å². The van der Waals surface area contributed by atoms with Crippen molar-refractivity contribution >= 4 is 23.4 Å². The summed E-state index contributed by atoms with van der Waals surface area (Å²) in [5, 5.41) is 12.4. The van der Waals surface area contributed by atoms with Crippen molar-refractivity contribution in [3.63, 3.8) is 0 Å². The Kier molecular flexibility index (Phi) is 5.98. The van der Waals surface area contributed by atoms with E-state index in [1.165, 1.54) is 6.20 Å². The highest BCUT2D eigenvalue weighted by atomic mass is 32.2. The Hall–Kier alpha value is -1.23. The lowest BCUT2D eigenvalue weighted by Gasteiger charge is -2.16. The minimum atomic E-state index is -0.944. The van der Waals surface area contributed by atoms with Crippen molar-refractivity contribution in [1.29, 1.82) is 0 Å². The Morgan fingerprint density at radius 2 is 2.33 bits per heavy atom. The molecule has 0 saturated carbocycles. The first-order chi connectivity index (χ1) is 8.54. The first kappa shape index (κ1) is 14.8. The van der Waals surface area contributed by atoms with E-state index in [4.69, 9.17) is 5.11 Å². The molecule has 0 saturated heterocycles. The van der Waals surface area contributed by atoms with Crippen molar-refractivity contribution in [3.8, 4) is 0 Å². The standard InChI is InChI=1S/C13H20N2O2S/c1-4-18-6-5-9(2)15-12-7-10(3)14-8-11(12)13(16)17/h7-9H,4-6H2,1-3H3,(H,14,15)(H,16,17). The van der Waals surface area contributed by atoms with Gasteiger partial charge in [0, 0.05) is 17.9 Å². The summed E-state index contributed by atoms with van der Waals surface area (Å²) in [5.74, 6) is 1.25. The van der Waals surface area contributed by atoms with E-state index in [2.05, 4.69) is 24.1 Å². The third-order valence-electron chi connectivity index (χ3n) is 2.57. The lowest BCUT2D eigenvalue weighted by Crippen LogP contribution is -2.18. The molecule has 0 amide bonds. The van der Waals surface area contributed by atoms with Gasteiger partial charge in [-0.15, -0.1) is 0 Å². The van der Waals surface area contributed by atoms with Gasteiger partial charge in [0.15, 0.2) is 0 Å². The largest absolute Gasteiger partial charge is 0.478 e. The predicted octanol–water partition coefficient (Wildman–Crippen LogP) is 3.03. The lowest BCUT2D eigenvalue weighted by molar-refractivity contribution is 0.0697. The van der Waals surface area contributed by atoms with Crippen LogP contribution in [0.3, 0.4) is 0 Å². The van der Waals surface area contributed by atoms with Gasteiger partial charge in [0.2, 0.25) is 0 Å². The molecule has 1 heterocycles. The molecule has 1 unspecified atom stereocenters. The van der Waals surface area contributed by atoms with Gasteiger partial charge in [-0.2, -0.15) is 11.8 Å². The first-order valence-electron chi connectivity index (χ1n) is 6.08. The van der Waals surface area contributed by atoms with Crippen LogP contribution < -0.4 is 5.32 Å². The maximum absolute atomic E-state index is 11.1. The maximum Gasteiger partial charge on any atom is 0.339 e. The second-order valence-corrected chi connectivity index (χ2v) is 5.60. The van der Waals surface area contributed by atoms with Crippen LogP contribution in [0.5, 0.6) is 0 Å². The third kappa shape index (κ3) is 4.56. The fraction of sp³-hybridized carbons (Fsp3) is 0.538. The van der Waals surface area contributed by atoms with E-state index in [1.807, 2.05) is 18.7 Å². The molecular weight excluding hydrogens is 248 g/mol. The molecule has 5 heteroatoms. The Labute approximate surface area is 112 Å². The molecule has 0 bridgehead atoms. The van der Waals surface area contributed by atoms with E-state index in [0.717, 1.165) is 23.6 Å². The van der Waals surface area contributed by atoms with Crippen LogP contribution in [-0.4, -0.2) is 33.6 Å². The number of carboxylic acids is 1. The van der Waals surface area contributed by atoms with Gasteiger partial charge in [0.05, 0.1) is 5.69 Å². The number of aromatic carboxylic acids is 1. The fourth-order valence-corrected chi connectivity index (χ4v) is 2.40. The molecule has 2 N–H and O–H groups in total. The third-order valence-corrected chi connectivity index (χ3v) is 3.50. The summed E-state index contributed by atoms with van der Waals surface area (Å²) >= 11 is 1.89. The number of hydrogen-bond acceptors (Lipinski definition) is 4. The number of pyridine rings is 1. The van der Waals surface area contributed by atoms with Gasteiger partial charge in [0.1, 0.15) is 5.56 Å². The Morgan fingerprint density at radius 1 is 1.61 bits per heavy atom. The second kappa shape index (κ2) is 7.26. The van der Waals surface area contributed by atoms with Gasteiger partial charge in [-0.1, -0.05) is 6.92 Å². The molecule has 1 atom stereocenters. The number of nitrogens with zero attached hydrogens (tertiary/aromatic N) is 1. The Morgan fingerprint density at radius 3 is 2.94 bits per heavy atom. The molecule has 1 aromatic heterocycles. The molecule has 0 aromatic carbocycles. The van der Waals surface area contributed by atoms with Crippen molar-refractivity contribution < 1.29 is 9.90 Å². The topological polar surface area (TPSA) is 62.2 Å². The van der Waals surface area contributed by atoms with Crippen LogP contribution in [0, 0.1) is 6.92 Å². The van der Waals surface area contributed by atoms with E-state index >= 15 is 0 Å². The predicted molar refractivity (Wildman–Crippen MR) is 76.6 cm³/mol. The second-order valence-electron chi connectivity index (χ2n) is 4.21. The molecule has 0 spiro atoms. The van der Waals surface area contributed by atoms with Gasteiger partial charge in [-0.3, -0.25) is 4.98 Å². The van der Waals surface area contributed by atoms with Crippen LogP contribution in [0.25, 0.3) is 0 Å². The van der Waals surface area contributed by atoms with Crippen molar-refractivity contribution in [3.05, 3.63) is 23.5 Å². The molecule has 0 aliphatic carbocycles. The normalized spacial score (nSPS) is 12.2. The van der Waals surface area contributed by atoms with Crippen LogP contribution in [0.15, 0.2) is 12.3 Å². The summed E-state index contributed by atoms with van der Waals surface area (Å²) in [6, 6.07) is 2.04. The molecule has 100 valence electrons. The van der Waals surface area contributed by atoms with Crippen LogP contribution in [0.1, 0.15) is 36.3 Å². The van der Waals surface area contributed by atoms with Gasteiger partial charge in [-0.25, -0.2) is 4.79 Å². The smallest absolute Gasteiger partial charge is 0.339 e. The van der Waals surface area contributed by atoms with Gasteiger partial charge < -0.3 is 10.4 Å². The zero-order chi connectivity index (χ0) is 13.5. The quantitative estimate of drug-likeness (QED) is 0.744. The fourth-order valence-electron chi connectivity index (χ4n) is 1.59. The molecule has 0 aliphatic rings. The van der Waals surface area contributed by atoms with E-state index < -0.39 is 5.97 Å². The number of thioether (sulfide) groups is 1. The maximum atomic E-state index is 11.1. The summed E-state index contributed by atoms with van der Waals surface area (Å²) in [6.07, 6.45) is 2.42. The monoisotopic (exact) mass is 268 g/mol. The van der Waals surface area contributed by atoms with Gasteiger partial charge in [0.25, 0.3) is 0 Å². The summed E-state index contributed by atoms with van der Waals surface area (Å²) in [5.41, 5.74) is 1.71. The zero-order valence-corrected chi connectivity index (χ0v) is 11.9. The van der Waals surface area contributed by atoms with Crippen molar-refractivity contribution in [2.75, 3.05) is 16.8 Å². The molecule has 0 radical (unpaired) electrons. The lowest BCUT2D eigenvalue weighted by atomic mass is 10.1. The number of hydrogen-bond donors (Lipinski definition) is 2. The number of nitrogens with one attached hydrogen (secondary N) is 1. The highest BCUT2D eigenvalue weighted by Gasteiger charge is 2.12. The molecule has 18 heavy (non-hydrogen) atoms. The summed E-state index contributed by atoms with van der Waals surface area (Å²) in [6.45, 7) is 6.06. The van der Waals surface area contributed by atoms with Crippen LogP contribution in [0.2, 0.25) is 0 Å². The Balaban J connectivity index is 2.70. The molecule has 0 fully saturated rings. The van der Waals surface area contributed by atoms with E-state index in [-0.39, 0.29) is 11.6 Å². The van der Waals surface area contributed by atoms with Gasteiger partial charge >= 0.3 is 5.97 Å². The van der Waals surface area contributed by atoms with Gasteiger partial charge in [-0.05, 0) is 37.8 Å². The van der Waals surface area contributed by atoms with Crippen LogP contribution in [0.4, 0.5) is 5.69 Å².